The van der Waals surface area contributed by atoms with Gasteiger partial charge in [0.1, 0.15) is 17.7 Å². The van der Waals surface area contributed by atoms with E-state index < -0.39 is 23.8 Å². The molecule has 3 amide bonds. The number of amides is 3. The molecule has 43 heavy (non-hydrogen) atoms. The van der Waals surface area contributed by atoms with Crippen LogP contribution in [0.2, 0.25) is 0 Å². The first-order chi connectivity index (χ1) is 20.4. The third-order valence-corrected chi connectivity index (χ3v) is 7.67. The second kappa shape index (κ2) is 17.7. The zero-order chi connectivity index (χ0) is 32.0. The van der Waals surface area contributed by atoms with Gasteiger partial charge in [-0.15, -0.1) is 0 Å². The molecule has 7 nitrogen and oxygen atoms in total. The molecule has 0 fully saturated rings. The Morgan fingerprint density at radius 2 is 1.53 bits per heavy atom. The number of rotatable bonds is 16. The molecule has 238 valence electrons. The van der Waals surface area contributed by atoms with Gasteiger partial charge in [-0.3, -0.25) is 9.59 Å². The number of carbonyl (C=O) groups excluding carboxylic acids is 3. The molecule has 0 bridgehead atoms. The maximum atomic E-state index is 14.7. The van der Waals surface area contributed by atoms with Gasteiger partial charge >= 0.3 is 6.09 Å². The van der Waals surface area contributed by atoms with E-state index in [0.717, 1.165) is 67.2 Å². The molecular formula is C36H55N3O4. The third-order valence-electron chi connectivity index (χ3n) is 7.67. The second-order valence-corrected chi connectivity index (χ2v) is 12.7. The first kappa shape index (κ1) is 35.8. The van der Waals surface area contributed by atoms with E-state index in [1.165, 1.54) is 0 Å². The fourth-order valence-corrected chi connectivity index (χ4v) is 5.30. The molecule has 0 saturated heterocycles. The normalized spacial score (nSPS) is 13.5. The topological polar surface area (TPSA) is 87.7 Å². The summed E-state index contributed by atoms with van der Waals surface area (Å²) in [5.74, 6) is -0.498. The number of ether oxygens (including phenoxy) is 1. The van der Waals surface area contributed by atoms with Crippen LogP contribution in [0.25, 0.3) is 0 Å². The summed E-state index contributed by atoms with van der Waals surface area (Å²) < 4.78 is 5.57. The summed E-state index contributed by atoms with van der Waals surface area (Å²) in [6, 6.07) is 13.7. The number of nitrogens with zero attached hydrogens (tertiary/aromatic N) is 1. The van der Waals surface area contributed by atoms with Crippen molar-refractivity contribution in [3.05, 3.63) is 70.8 Å². The third kappa shape index (κ3) is 12.0. The van der Waals surface area contributed by atoms with E-state index in [4.69, 9.17) is 4.74 Å². The molecule has 0 radical (unpaired) electrons. The summed E-state index contributed by atoms with van der Waals surface area (Å²) in [4.78, 5) is 43.5. The lowest BCUT2D eigenvalue weighted by Gasteiger charge is -2.36. The number of benzene rings is 2. The molecule has 0 heterocycles. The molecule has 0 saturated carbocycles. The molecule has 3 unspecified atom stereocenters. The van der Waals surface area contributed by atoms with Gasteiger partial charge in [0.05, 0.1) is 0 Å². The Labute approximate surface area is 260 Å². The van der Waals surface area contributed by atoms with Crippen molar-refractivity contribution in [2.24, 2.45) is 0 Å². The van der Waals surface area contributed by atoms with E-state index >= 15 is 0 Å². The fraction of sp³-hybridized carbons (Fsp3) is 0.583. The van der Waals surface area contributed by atoms with Crippen molar-refractivity contribution < 1.29 is 19.1 Å². The maximum Gasteiger partial charge on any atom is 0.408 e. The Balaban J connectivity index is 2.60. The van der Waals surface area contributed by atoms with Crippen LogP contribution in [0.5, 0.6) is 0 Å². The highest BCUT2D eigenvalue weighted by Gasteiger charge is 2.37. The van der Waals surface area contributed by atoms with Crippen molar-refractivity contribution in [2.45, 2.75) is 130 Å². The van der Waals surface area contributed by atoms with Gasteiger partial charge in [-0.1, -0.05) is 94.5 Å². The Kier molecular flexibility index (Phi) is 14.7. The van der Waals surface area contributed by atoms with E-state index in [1.807, 2.05) is 69.3 Å². The zero-order valence-corrected chi connectivity index (χ0v) is 27.8. The predicted molar refractivity (Wildman–Crippen MR) is 175 cm³/mol. The van der Waals surface area contributed by atoms with Crippen LogP contribution in [0.15, 0.2) is 48.5 Å². The molecule has 0 spiro atoms. The number of aryl methyl sites for hydroxylation is 1. The number of alkyl carbamates (subject to hydrolysis) is 1. The fourth-order valence-electron chi connectivity index (χ4n) is 5.30. The molecule has 2 aromatic rings. The highest BCUT2D eigenvalue weighted by molar-refractivity contribution is 5.92. The van der Waals surface area contributed by atoms with E-state index in [1.54, 1.807) is 25.7 Å². The Morgan fingerprint density at radius 1 is 0.860 bits per heavy atom. The summed E-state index contributed by atoms with van der Waals surface area (Å²) in [5.41, 5.74) is 3.03. The van der Waals surface area contributed by atoms with Crippen molar-refractivity contribution in [1.29, 1.82) is 0 Å². The maximum absolute atomic E-state index is 14.7. The number of carbonyl (C=O) groups is 3. The molecule has 3 atom stereocenters. The Bertz CT molecular complexity index is 1160. The Hall–Kier alpha value is -3.35. The van der Waals surface area contributed by atoms with E-state index in [-0.39, 0.29) is 24.3 Å². The van der Waals surface area contributed by atoms with Gasteiger partial charge in [0.25, 0.3) is 0 Å². The van der Waals surface area contributed by atoms with Crippen LogP contribution in [0.3, 0.4) is 0 Å². The molecule has 0 aliphatic rings. The van der Waals surface area contributed by atoms with E-state index in [0.29, 0.717) is 6.54 Å². The predicted octanol–water partition coefficient (Wildman–Crippen LogP) is 7.58. The SMILES string of the molecule is CCCCCCCN(C(=O)C(Cc1ccccc1)NC(=O)OC(C)(C)C)C(C(=O)NC(C)CCC)c1cccc(C)c1C. The molecule has 2 aromatic carbocycles. The van der Waals surface area contributed by atoms with Crippen LogP contribution in [-0.2, 0) is 20.7 Å². The summed E-state index contributed by atoms with van der Waals surface area (Å²) >= 11 is 0. The average molecular weight is 594 g/mol. The number of hydrogen-bond donors (Lipinski definition) is 2. The van der Waals surface area contributed by atoms with Crippen molar-refractivity contribution in [2.75, 3.05) is 6.54 Å². The van der Waals surface area contributed by atoms with E-state index in [2.05, 4.69) is 24.5 Å². The monoisotopic (exact) mass is 593 g/mol. The van der Waals surface area contributed by atoms with Gasteiger partial charge in [0.2, 0.25) is 11.8 Å². The first-order valence-corrected chi connectivity index (χ1v) is 16.1. The summed E-state index contributed by atoms with van der Waals surface area (Å²) in [7, 11) is 0. The van der Waals surface area contributed by atoms with Crippen LogP contribution >= 0.6 is 0 Å². The van der Waals surface area contributed by atoms with Crippen molar-refractivity contribution in [3.63, 3.8) is 0 Å². The standard InChI is InChI=1S/C36H55N3O4/c1-9-11-12-13-17-24-39(32(33(40)37-27(4)19-10-2)30-23-18-20-26(3)28(30)5)34(41)31(25-29-21-15-14-16-22-29)38-35(42)43-36(6,7)8/h14-16,18,20-23,27,31-32H,9-13,17,19,24-25H2,1-8H3,(H,37,40)(H,38,42). The molecule has 0 aliphatic heterocycles. The molecule has 0 aromatic heterocycles. The van der Waals surface area contributed by atoms with Crippen molar-refractivity contribution >= 4 is 17.9 Å². The van der Waals surface area contributed by atoms with Gasteiger partial charge < -0.3 is 20.3 Å². The molecule has 0 aliphatic carbocycles. The lowest BCUT2D eigenvalue weighted by molar-refractivity contribution is -0.142. The highest BCUT2D eigenvalue weighted by atomic mass is 16.6. The number of unbranched alkanes of at least 4 members (excludes halogenated alkanes) is 4. The smallest absolute Gasteiger partial charge is 0.408 e. The van der Waals surface area contributed by atoms with Gasteiger partial charge in [0, 0.05) is 19.0 Å². The summed E-state index contributed by atoms with van der Waals surface area (Å²) in [6.07, 6.45) is 6.42. The van der Waals surface area contributed by atoms with Gasteiger partial charge in [0.15, 0.2) is 0 Å². The van der Waals surface area contributed by atoms with Crippen LogP contribution in [0, 0.1) is 13.8 Å². The summed E-state index contributed by atoms with van der Waals surface area (Å²) in [6.45, 7) is 16.1. The number of nitrogens with one attached hydrogen (secondary N) is 2. The minimum absolute atomic E-state index is 0.0355. The van der Waals surface area contributed by atoms with Crippen LogP contribution < -0.4 is 10.6 Å². The molecule has 2 rings (SSSR count). The van der Waals surface area contributed by atoms with Crippen molar-refractivity contribution in [1.82, 2.24) is 15.5 Å². The lowest BCUT2D eigenvalue weighted by Crippen LogP contribution is -2.54. The van der Waals surface area contributed by atoms with Gasteiger partial charge in [-0.25, -0.2) is 4.79 Å². The van der Waals surface area contributed by atoms with Crippen LogP contribution in [0.4, 0.5) is 4.79 Å². The average Bonchev–Trinajstić information content (AvgIpc) is 2.93. The minimum atomic E-state index is -0.915. The molecule has 7 heteroatoms. The quantitative estimate of drug-likeness (QED) is 0.196. The summed E-state index contributed by atoms with van der Waals surface area (Å²) in [5, 5.41) is 6.05. The van der Waals surface area contributed by atoms with Gasteiger partial charge in [-0.2, -0.15) is 0 Å². The lowest BCUT2D eigenvalue weighted by atomic mass is 9.94. The molecule has 2 N–H and O–H groups in total. The van der Waals surface area contributed by atoms with Crippen molar-refractivity contribution in [3.8, 4) is 0 Å². The largest absolute Gasteiger partial charge is 0.444 e. The van der Waals surface area contributed by atoms with Crippen LogP contribution in [0.1, 0.15) is 115 Å². The highest BCUT2D eigenvalue weighted by Crippen LogP contribution is 2.29. The Morgan fingerprint density at radius 3 is 2.16 bits per heavy atom. The van der Waals surface area contributed by atoms with E-state index in [9.17, 15) is 14.4 Å². The van der Waals surface area contributed by atoms with Gasteiger partial charge in [-0.05, 0) is 76.6 Å². The minimum Gasteiger partial charge on any atom is -0.444 e. The van der Waals surface area contributed by atoms with Crippen LogP contribution in [-0.4, -0.2) is 47.0 Å². The molecular weight excluding hydrogens is 538 g/mol. The first-order valence-electron chi connectivity index (χ1n) is 16.1. The second-order valence-electron chi connectivity index (χ2n) is 12.7. The zero-order valence-electron chi connectivity index (χ0n) is 27.8. The number of hydrogen-bond acceptors (Lipinski definition) is 4.